The van der Waals surface area contributed by atoms with E-state index >= 15 is 0 Å². The monoisotopic (exact) mass is 329 g/mol. The highest BCUT2D eigenvalue weighted by Crippen LogP contribution is 2.27. The number of hydrogen-bond donors (Lipinski definition) is 2. The van der Waals surface area contributed by atoms with Crippen molar-refractivity contribution in [1.29, 1.82) is 0 Å². The molecule has 3 atom stereocenters. The first-order valence-corrected chi connectivity index (χ1v) is 7.73. The zero-order valence-electron chi connectivity index (χ0n) is 11.2. The molecule has 1 fully saturated rings. The Morgan fingerprint density at radius 1 is 1.42 bits per heavy atom. The standard InChI is InChI=1S/C15H21BrFNO/c1-10(13-7-6-12(16)8-14(13)17)18-15-5-3-2-4-11(15)9-19/h6-8,10-11,15,18-19H,2-5,9H2,1H3. The number of rotatable bonds is 4. The molecule has 0 radical (unpaired) electrons. The second-order valence-electron chi connectivity index (χ2n) is 5.39. The summed E-state index contributed by atoms with van der Waals surface area (Å²) in [4.78, 5) is 0. The van der Waals surface area contributed by atoms with Gasteiger partial charge in [-0.15, -0.1) is 0 Å². The summed E-state index contributed by atoms with van der Waals surface area (Å²) in [7, 11) is 0. The third-order valence-corrected chi connectivity index (χ3v) is 4.53. The van der Waals surface area contributed by atoms with Crippen LogP contribution in [0, 0.1) is 11.7 Å². The summed E-state index contributed by atoms with van der Waals surface area (Å²) in [5, 5.41) is 12.9. The van der Waals surface area contributed by atoms with E-state index in [1.165, 1.54) is 18.9 Å². The van der Waals surface area contributed by atoms with Crippen molar-refractivity contribution in [2.24, 2.45) is 5.92 Å². The summed E-state index contributed by atoms with van der Waals surface area (Å²) in [6.07, 6.45) is 4.49. The van der Waals surface area contributed by atoms with Gasteiger partial charge in [0.15, 0.2) is 0 Å². The first-order valence-electron chi connectivity index (χ1n) is 6.93. The van der Waals surface area contributed by atoms with Crippen molar-refractivity contribution in [1.82, 2.24) is 5.32 Å². The van der Waals surface area contributed by atoms with Gasteiger partial charge in [0, 0.05) is 28.7 Å². The van der Waals surface area contributed by atoms with Crippen molar-refractivity contribution in [3.8, 4) is 0 Å². The molecule has 0 amide bonds. The minimum Gasteiger partial charge on any atom is -0.396 e. The Bertz CT molecular complexity index is 427. The van der Waals surface area contributed by atoms with E-state index < -0.39 is 0 Å². The average molecular weight is 330 g/mol. The Labute approximate surface area is 122 Å². The maximum atomic E-state index is 13.9. The van der Waals surface area contributed by atoms with Crippen LogP contribution in [0.1, 0.15) is 44.2 Å². The molecule has 0 heterocycles. The van der Waals surface area contributed by atoms with E-state index in [0.717, 1.165) is 17.3 Å². The van der Waals surface area contributed by atoms with Crippen molar-refractivity contribution in [2.45, 2.75) is 44.7 Å². The summed E-state index contributed by atoms with van der Waals surface area (Å²) in [6.45, 7) is 2.20. The predicted octanol–water partition coefficient (Wildman–Crippen LogP) is 3.79. The zero-order chi connectivity index (χ0) is 13.8. The topological polar surface area (TPSA) is 32.3 Å². The van der Waals surface area contributed by atoms with E-state index in [4.69, 9.17) is 0 Å². The van der Waals surface area contributed by atoms with E-state index in [1.54, 1.807) is 0 Å². The van der Waals surface area contributed by atoms with Crippen molar-refractivity contribution in [3.63, 3.8) is 0 Å². The van der Waals surface area contributed by atoms with E-state index in [-0.39, 0.29) is 24.5 Å². The van der Waals surface area contributed by atoms with Gasteiger partial charge in [0.05, 0.1) is 0 Å². The molecule has 0 bridgehead atoms. The fourth-order valence-corrected chi connectivity index (χ4v) is 3.24. The molecule has 0 aromatic heterocycles. The number of aliphatic hydroxyl groups is 1. The van der Waals surface area contributed by atoms with E-state index in [0.29, 0.717) is 11.5 Å². The lowest BCUT2D eigenvalue weighted by atomic mass is 9.84. The van der Waals surface area contributed by atoms with Gasteiger partial charge in [-0.25, -0.2) is 4.39 Å². The third-order valence-electron chi connectivity index (χ3n) is 4.04. The molecule has 1 aromatic carbocycles. The molecule has 0 saturated heterocycles. The number of halogens is 2. The Morgan fingerprint density at radius 2 is 2.16 bits per heavy atom. The predicted molar refractivity (Wildman–Crippen MR) is 78.5 cm³/mol. The highest BCUT2D eigenvalue weighted by Gasteiger charge is 2.26. The van der Waals surface area contributed by atoms with Crippen molar-refractivity contribution in [2.75, 3.05) is 6.61 Å². The maximum Gasteiger partial charge on any atom is 0.129 e. The Kier molecular flexibility index (Phi) is 5.37. The van der Waals surface area contributed by atoms with E-state index in [2.05, 4.69) is 21.2 Å². The first-order chi connectivity index (χ1) is 9.11. The molecule has 1 aromatic rings. The SMILES string of the molecule is CC(NC1CCCCC1CO)c1ccc(Br)cc1F. The van der Waals surface area contributed by atoms with Gasteiger partial charge < -0.3 is 10.4 Å². The second-order valence-corrected chi connectivity index (χ2v) is 6.30. The molecule has 2 nitrogen and oxygen atoms in total. The molecule has 106 valence electrons. The van der Waals surface area contributed by atoms with Crippen LogP contribution in [0.15, 0.2) is 22.7 Å². The van der Waals surface area contributed by atoms with Gasteiger partial charge in [0.2, 0.25) is 0 Å². The molecule has 1 aliphatic carbocycles. The molecule has 2 N–H and O–H groups in total. The third kappa shape index (κ3) is 3.77. The van der Waals surface area contributed by atoms with Crippen LogP contribution in [0.2, 0.25) is 0 Å². The molecular formula is C15H21BrFNO. The second kappa shape index (κ2) is 6.82. The molecule has 1 aliphatic rings. The van der Waals surface area contributed by atoms with Crippen molar-refractivity contribution < 1.29 is 9.50 Å². The van der Waals surface area contributed by atoms with Crippen LogP contribution in [0.5, 0.6) is 0 Å². The van der Waals surface area contributed by atoms with Crippen LogP contribution in [0.3, 0.4) is 0 Å². The fourth-order valence-electron chi connectivity index (χ4n) is 2.91. The lowest BCUT2D eigenvalue weighted by molar-refractivity contribution is 0.147. The summed E-state index contributed by atoms with van der Waals surface area (Å²) < 4.78 is 14.7. The summed E-state index contributed by atoms with van der Waals surface area (Å²) in [5.74, 6) is 0.112. The number of aliphatic hydroxyl groups excluding tert-OH is 1. The zero-order valence-corrected chi connectivity index (χ0v) is 12.8. The molecular weight excluding hydrogens is 309 g/mol. The first kappa shape index (κ1) is 14.9. The largest absolute Gasteiger partial charge is 0.396 e. The number of hydrogen-bond acceptors (Lipinski definition) is 2. The van der Waals surface area contributed by atoms with Gasteiger partial charge in [0.1, 0.15) is 5.82 Å². The van der Waals surface area contributed by atoms with Crippen LogP contribution in [-0.4, -0.2) is 17.8 Å². The van der Waals surface area contributed by atoms with Gasteiger partial charge in [-0.1, -0.05) is 34.8 Å². The van der Waals surface area contributed by atoms with Crippen LogP contribution in [0.4, 0.5) is 4.39 Å². The highest BCUT2D eigenvalue weighted by molar-refractivity contribution is 9.10. The smallest absolute Gasteiger partial charge is 0.129 e. The van der Waals surface area contributed by atoms with Crippen LogP contribution < -0.4 is 5.32 Å². The van der Waals surface area contributed by atoms with Crippen LogP contribution in [-0.2, 0) is 0 Å². The molecule has 4 heteroatoms. The van der Waals surface area contributed by atoms with Crippen molar-refractivity contribution >= 4 is 15.9 Å². The van der Waals surface area contributed by atoms with Crippen LogP contribution in [0.25, 0.3) is 0 Å². The molecule has 19 heavy (non-hydrogen) atoms. The van der Waals surface area contributed by atoms with Gasteiger partial charge in [-0.2, -0.15) is 0 Å². The Balaban J connectivity index is 2.05. The fraction of sp³-hybridized carbons (Fsp3) is 0.600. The Hall–Kier alpha value is -0.450. The molecule has 0 aliphatic heterocycles. The van der Waals surface area contributed by atoms with Crippen molar-refractivity contribution in [3.05, 3.63) is 34.1 Å². The van der Waals surface area contributed by atoms with E-state index in [9.17, 15) is 9.50 Å². The van der Waals surface area contributed by atoms with Crippen LogP contribution >= 0.6 is 15.9 Å². The van der Waals surface area contributed by atoms with Gasteiger partial charge in [-0.05, 0) is 37.8 Å². The normalized spacial score (nSPS) is 25.3. The summed E-state index contributed by atoms with van der Waals surface area (Å²) in [5.41, 5.74) is 0.686. The quantitative estimate of drug-likeness (QED) is 0.880. The lowest BCUT2D eigenvalue weighted by Gasteiger charge is -2.33. The highest BCUT2D eigenvalue weighted by atomic mass is 79.9. The minimum absolute atomic E-state index is 0.0368. The van der Waals surface area contributed by atoms with Gasteiger partial charge in [-0.3, -0.25) is 0 Å². The van der Waals surface area contributed by atoms with Gasteiger partial charge >= 0.3 is 0 Å². The lowest BCUT2D eigenvalue weighted by Crippen LogP contribution is -2.41. The molecule has 3 unspecified atom stereocenters. The number of nitrogens with one attached hydrogen (secondary N) is 1. The van der Waals surface area contributed by atoms with E-state index in [1.807, 2.05) is 19.1 Å². The molecule has 2 rings (SSSR count). The molecule has 1 saturated carbocycles. The maximum absolute atomic E-state index is 13.9. The molecule has 0 spiro atoms. The number of benzene rings is 1. The minimum atomic E-state index is -0.189. The summed E-state index contributed by atoms with van der Waals surface area (Å²) in [6, 6.07) is 5.43. The average Bonchev–Trinajstić information content (AvgIpc) is 2.39. The van der Waals surface area contributed by atoms with Gasteiger partial charge in [0.25, 0.3) is 0 Å². The summed E-state index contributed by atoms with van der Waals surface area (Å²) >= 11 is 3.27. The Morgan fingerprint density at radius 3 is 2.84 bits per heavy atom.